The lowest BCUT2D eigenvalue weighted by Crippen LogP contribution is -2.40. The summed E-state index contributed by atoms with van der Waals surface area (Å²) in [5, 5.41) is 6.21. The molecule has 1 spiro atoms. The zero-order chi connectivity index (χ0) is 13.7. The Hall–Kier alpha value is -0.810. The monoisotopic (exact) mass is 269 g/mol. The summed E-state index contributed by atoms with van der Waals surface area (Å²) in [6.45, 7) is 2.36. The lowest BCUT2D eigenvalue weighted by atomic mass is 9.98. The van der Waals surface area contributed by atoms with Gasteiger partial charge in [0.1, 0.15) is 0 Å². The van der Waals surface area contributed by atoms with Crippen LogP contribution in [0.15, 0.2) is 0 Å². The van der Waals surface area contributed by atoms with Crippen molar-refractivity contribution in [1.29, 1.82) is 0 Å². The van der Waals surface area contributed by atoms with E-state index in [4.69, 9.17) is 4.74 Å². The van der Waals surface area contributed by atoms with E-state index in [1.807, 2.05) is 0 Å². The Morgan fingerprint density at radius 2 is 2.00 bits per heavy atom. The van der Waals surface area contributed by atoms with E-state index in [1.54, 1.807) is 19.0 Å². The van der Waals surface area contributed by atoms with Crippen LogP contribution in [0.3, 0.4) is 0 Å². The van der Waals surface area contributed by atoms with E-state index in [-0.39, 0.29) is 11.6 Å². The van der Waals surface area contributed by atoms with Crippen LogP contribution in [0.5, 0.6) is 0 Å². The molecule has 1 saturated carbocycles. The molecular weight excluding hydrogens is 242 g/mol. The molecule has 19 heavy (non-hydrogen) atoms. The van der Waals surface area contributed by atoms with Crippen LogP contribution in [-0.4, -0.2) is 56.4 Å². The summed E-state index contributed by atoms with van der Waals surface area (Å²) < 4.78 is 6.22. The van der Waals surface area contributed by atoms with Crippen LogP contribution in [0.2, 0.25) is 0 Å². The van der Waals surface area contributed by atoms with Gasteiger partial charge in [-0.1, -0.05) is 12.8 Å². The quantitative estimate of drug-likeness (QED) is 0.741. The average Bonchev–Trinajstić information content (AvgIpc) is 3.00. The molecule has 110 valence electrons. The van der Waals surface area contributed by atoms with Crippen LogP contribution in [-0.2, 0) is 4.74 Å². The SMILES string of the molecule is CN(C)C(=O)NCCNCC1CCC2(CCCC2)O1. The summed E-state index contributed by atoms with van der Waals surface area (Å²) in [6, 6.07) is -0.0381. The number of amides is 2. The summed E-state index contributed by atoms with van der Waals surface area (Å²) in [5.74, 6) is 0. The number of rotatable bonds is 5. The van der Waals surface area contributed by atoms with Crippen LogP contribution < -0.4 is 10.6 Å². The molecule has 2 aliphatic rings. The van der Waals surface area contributed by atoms with E-state index in [0.29, 0.717) is 12.6 Å². The normalized spacial score (nSPS) is 24.8. The van der Waals surface area contributed by atoms with Crippen molar-refractivity contribution < 1.29 is 9.53 Å². The molecule has 2 fully saturated rings. The third kappa shape index (κ3) is 4.08. The van der Waals surface area contributed by atoms with Crippen LogP contribution in [0, 0.1) is 0 Å². The van der Waals surface area contributed by atoms with E-state index in [2.05, 4.69) is 10.6 Å². The minimum atomic E-state index is -0.0381. The summed E-state index contributed by atoms with van der Waals surface area (Å²) in [7, 11) is 3.49. The largest absolute Gasteiger partial charge is 0.370 e. The lowest BCUT2D eigenvalue weighted by molar-refractivity contribution is -0.0349. The van der Waals surface area contributed by atoms with Gasteiger partial charge in [0.2, 0.25) is 0 Å². The molecule has 1 aliphatic heterocycles. The van der Waals surface area contributed by atoms with Gasteiger partial charge in [-0.3, -0.25) is 0 Å². The van der Waals surface area contributed by atoms with Gasteiger partial charge >= 0.3 is 6.03 Å². The van der Waals surface area contributed by atoms with Gasteiger partial charge in [0.05, 0.1) is 11.7 Å². The van der Waals surface area contributed by atoms with Gasteiger partial charge in [-0.05, 0) is 25.7 Å². The Labute approximate surface area is 116 Å². The molecular formula is C14H27N3O2. The molecule has 5 heteroatoms. The Bertz CT molecular complexity index is 301. The Morgan fingerprint density at radius 3 is 2.68 bits per heavy atom. The number of nitrogens with one attached hydrogen (secondary N) is 2. The van der Waals surface area contributed by atoms with Crippen molar-refractivity contribution in [3.63, 3.8) is 0 Å². The molecule has 1 aliphatic carbocycles. The topological polar surface area (TPSA) is 53.6 Å². The fourth-order valence-electron chi connectivity index (χ4n) is 3.11. The van der Waals surface area contributed by atoms with Crippen molar-refractivity contribution in [2.24, 2.45) is 0 Å². The molecule has 2 rings (SSSR count). The second kappa shape index (κ2) is 6.57. The molecule has 5 nitrogen and oxygen atoms in total. The van der Waals surface area contributed by atoms with Crippen LogP contribution in [0.1, 0.15) is 38.5 Å². The van der Waals surface area contributed by atoms with Crippen molar-refractivity contribution in [2.75, 3.05) is 33.7 Å². The van der Waals surface area contributed by atoms with E-state index >= 15 is 0 Å². The third-order valence-electron chi connectivity index (χ3n) is 4.21. The fourth-order valence-corrected chi connectivity index (χ4v) is 3.11. The molecule has 0 aromatic heterocycles. The predicted molar refractivity (Wildman–Crippen MR) is 75.3 cm³/mol. The molecule has 1 unspecified atom stereocenters. The highest BCUT2D eigenvalue weighted by molar-refractivity contribution is 5.73. The van der Waals surface area contributed by atoms with Gasteiger partial charge in [0.25, 0.3) is 0 Å². The Morgan fingerprint density at radius 1 is 1.26 bits per heavy atom. The van der Waals surface area contributed by atoms with Crippen LogP contribution in [0.4, 0.5) is 4.79 Å². The third-order valence-corrected chi connectivity index (χ3v) is 4.21. The van der Waals surface area contributed by atoms with Crippen molar-refractivity contribution >= 4 is 6.03 Å². The maximum atomic E-state index is 11.3. The number of carbonyl (C=O) groups excluding carboxylic acids is 1. The Balaban J connectivity index is 1.54. The molecule has 2 amide bonds. The molecule has 1 saturated heterocycles. The van der Waals surface area contributed by atoms with Crippen molar-refractivity contribution in [2.45, 2.75) is 50.2 Å². The smallest absolute Gasteiger partial charge is 0.316 e. The highest BCUT2D eigenvalue weighted by Gasteiger charge is 2.41. The van der Waals surface area contributed by atoms with Gasteiger partial charge in [0.15, 0.2) is 0 Å². The maximum Gasteiger partial charge on any atom is 0.316 e. The van der Waals surface area contributed by atoms with E-state index in [1.165, 1.54) is 38.5 Å². The lowest BCUT2D eigenvalue weighted by Gasteiger charge is -2.24. The number of hydrogen-bond acceptors (Lipinski definition) is 3. The van der Waals surface area contributed by atoms with E-state index < -0.39 is 0 Å². The summed E-state index contributed by atoms with van der Waals surface area (Å²) >= 11 is 0. The zero-order valence-corrected chi connectivity index (χ0v) is 12.2. The molecule has 0 aromatic rings. The van der Waals surface area contributed by atoms with Crippen LogP contribution in [0.25, 0.3) is 0 Å². The highest BCUT2D eigenvalue weighted by atomic mass is 16.5. The summed E-state index contributed by atoms with van der Waals surface area (Å²) in [6.07, 6.45) is 7.94. The molecule has 1 atom stereocenters. The molecule has 0 radical (unpaired) electrons. The first kappa shape index (κ1) is 14.6. The second-order valence-electron chi connectivity index (χ2n) is 6.00. The number of hydrogen-bond donors (Lipinski definition) is 2. The van der Waals surface area contributed by atoms with Crippen molar-refractivity contribution in [3.05, 3.63) is 0 Å². The first-order chi connectivity index (χ1) is 9.11. The van der Waals surface area contributed by atoms with Gasteiger partial charge in [-0.25, -0.2) is 4.79 Å². The number of nitrogens with zero attached hydrogens (tertiary/aromatic N) is 1. The van der Waals surface area contributed by atoms with Crippen molar-refractivity contribution in [1.82, 2.24) is 15.5 Å². The molecule has 0 aromatic carbocycles. The minimum Gasteiger partial charge on any atom is -0.370 e. The van der Waals surface area contributed by atoms with Crippen molar-refractivity contribution in [3.8, 4) is 0 Å². The van der Waals surface area contributed by atoms with Crippen LogP contribution >= 0.6 is 0 Å². The summed E-state index contributed by atoms with van der Waals surface area (Å²) in [4.78, 5) is 12.8. The van der Waals surface area contributed by atoms with E-state index in [0.717, 1.165) is 13.1 Å². The fraction of sp³-hybridized carbons (Fsp3) is 0.929. The molecule has 1 heterocycles. The second-order valence-corrected chi connectivity index (χ2v) is 6.00. The minimum absolute atomic E-state index is 0.0381. The van der Waals surface area contributed by atoms with Gasteiger partial charge in [0, 0.05) is 33.7 Å². The summed E-state index contributed by atoms with van der Waals surface area (Å²) in [5.41, 5.74) is 0.228. The predicted octanol–water partition coefficient (Wildman–Crippen LogP) is 1.34. The molecule has 2 N–H and O–H groups in total. The average molecular weight is 269 g/mol. The first-order valence-electron chi connectivity index (χ1n) is 7.45. The van der Waals surface area contributed by atoms with Gasteiger partial charge < -0.3 is 20.3 Å². The number of urea groups is 1. The van der Waals surface area contributed by atoms with E-state index in [9.17, 15) is 4.79 Å². The van der Waals surface area contributed by atoms with Gasteiger partial charge in [-0.15, -0.1) is 0 Å². The number of carbonyl (C=O) groups is 1. The standard InChI is InChI=1S/C14H27N3O2/c1-17(2)13(18)16-10-9-15-11-12-5-8-14(19-12)6-3-4-7-14/h12,15H,3-11H2,1-2H3,(H,16,18). The Kier molecular flexibility index (Phi) is 5.05. The van der Waals surface area contributed by atoms with Gasteiger partial charge in [-0.2, -0.15) is 0 Å². The maximum absolute atomic E-state index is 11.3. The molecule has 0 bridgehead atoms. The highest BCUT2D eigenvalue weighted by Crippen LogP contribution is 2.42. The zero-order valence-electron chi connectivity index (χ0n) is 12.2. The number of ether oxygens (including phenoxy) is 1. The first-order valence-corrected chi connectivity index (χ1v) is 7.45.